The molecule has 0 unspecified atom stereocenters. The molecular formula is C48H31N3. The Kier molecular flexibility index (Phi) is 5.82. The quantitative estimate of drug-likeness (QED) is 0.177. The van der Waals surface area contributed by atoms with Gasteiger partial charge in [-0.3, -0.25) is 0 Å². The summed E-state index contributed by atoms with van der Waals surface area (Å²) in [5.74, 6) is 0. The van der Waals surface area contributed by atoms with Crippen molar-refractivity contribution in [2.75, 3.05) is 0 Å². The van der Waals surface area contributed by atoms with E-state index in [-0.39, 0.29) is 0 Å². The molecule has 0 aliphatic heterocycles. The molecule has 4 heterocycles. The predicted octanol–water partition coefficient (Wildman–Crippen LogP) is 11.8. The Bertz CT molecular complexity index is 3300. The van der Waals surface area contributed by atoms with Crippen molar-refractivity contribution in [2.45, 2.75) is 0 Å². The Morgan fingerprint density at radius 3 is 1.63 bits per heavy atom. The van der Waals surface area contributed by atoms with Crippen LogP contribution in [0.5, 0.6) is 0 Å². The molecule has 0 atom stereocenters. The highest BCUT2D eigenvalue weighted by Crippen LogP contribution is 2.40. The molecule has 3 heteroatoms. The van der Waals surface area contributed by atoms with Gasteiger partial charge < -0.3 is 13.4 Å². The van der Waals surface area contributed by atoms with Gasteiger partial charge in [0, 0.05) is 38.0 Å². The molecule has 0 saturated heterocycles. The van der Waals surface area contributed by atoms with Crippen LogP contribution in [0.4, 0.5) is 0 Å². The van der Waals surface area contributed by atoms with Crippen LogP contribution < -0.4 is 5.22 Å². The molecule has 0 aliphatic rings. The van der Waals surface area contributed by atoms with Gasteiger partial charge in [-0.1, -0.05) is 134 Å². The highest BCUT2D eigenvalue weighted by Gasteiger charge is 2.19. The maximum Gasteiger partial charge on any atom is 0.0724 e. The largest absolute Gasteiger partial charge is 0.309 e. The second-order valence-corrected chi connectivity index (χ2v) is 13.5. The summed E-state index contributed by atoms with van der Waals surface area (Å²) in [6, 6.07) is 64.0. The lowest BCUT2D eigenvalue weighted by Gasteiger charge is -2.11. The molecular weight excluding hydrogens is 619 g/mol. The Morgan fingerprint density at radius 2 is 0.843 bits per heavy atom. The maximum absolute atomic E-state index is 4.49. The minimum atomic E-state index is 0.990. The smallest absolute Gasteiger partial charge is 0.0724 e. The molecule has 0 fully saturated rings. The second kappa shape index (κ2) is 10.6. The molecule has 0 spiro atoms. The van der Waals surface area contributed by atoms with E-state index in [4.69, 9.17) is 0 Å². The lowest BCUT2D eigenvalue weighted by molar-refractivity contribution is 1.18. The Labute approximate surface area is 293 Å². The van der Waals surface area contributed by atoms with Crippen molar-refractivity contribution in [3.8, 4) is 16.8 Å². The van der Waals surface area contributed by atoms with Crippen LogP contribution in [0.3, 0.4) is 0 Å². The number of hydrogen-bond acceptors (Lipinski definition) is 0. The van der Waals surface area contributed by atoms with Crippen LogP contribution in [0.25, 0.3) is 99.8 Å². The molecule has 4 aromatic heterocycles. The van der Waals surface area contributed by atoms with Gasteiger partial charge in [0.15, 0.2) is 0 Å². The third-order valence-electron chi connectivity index (χ3n) is 10.7. The molecule has 11 aromatic rings. The van der Waals surface area contributed by atoms with E-state index in [1.54, 1.807) is 0 Å². The van der Waals surface area contributed by atoms with E-state index < -0.39 is 0 Å². The monoisotopic (exact) mass is 649 g/mol. The third-order valence-corrected chi connectivity index (χ3v) is 10.7. The fourth-order valence-corrected chi connectivity index (χ4v) is 8.50. The standard InChI is InChI=1S/C48H31N3/c1-31-13-11-24-44-39-20-12-19-38-36-17-6-10-23-43(36)51(48(38)39)46-29-40-37-18-7-9-22-42(37)49(34-27-25-33(26-28-34)32-14-3-2-4-15-32)45(40)30-47(46)50(44)41-21-8-5-16-35(31)41/h2-30H,1H2. The number of fused-ring (bicyclic) bond motifs is 13. The number of benzene rings is 7. The van der Waals surface area contributed by atoms with E-state index >= 15 is 0 Å². The summed E-state index contributed by atoms with van der Waals surface area (Å²) in [4.78, 5) is 0. The van der Waals surface area contributed by atoms with Crippen molar-refractivity contribution in [2.24, 2.45) is 0 Å². The highest BCUT2D eigenvalue weighted by molar-refractivity contribution is 6.20. The predicted molar refractivity (Wildman–Crippen MR) is 217 cm³/mol. The van der Waals surface area contributed by atoms with Crippen molar-refractivity contribution in [3.63, 3.8) is 0 Å². The highest BCUT2D eigenvalue weighted by atomic mass is 15.0. The molecule has 11 rings (SSSR count). The van der Waals surface area contributed by atoms with Crippen LogP contribution >= 0.6 is 0 Å². The molecule has 7 aromatic carbocycles. The molecule has 238 valence electrons. The summed E-state index contributed by atoms with van der Waals surface area (Å²) in [5, 5.41) is 8.26. The van der Waals surface area contributed by atoms with Gasteiger partial charge in [0.1, 0.15) is 0 Å². The van der Waals surface area contributed by atoms with Gasteiger partial charge in [-0.05, 0) is 64.9 Å². The van der Waals surface area contributed by atoms with Crippen molar-refractivity contribution in [1.82, 2.24) is 13.4 Å². The van der Waals surface area contributed by atoms with E-state index in [1.807, 2.05) is 0 Å². The molecule has 0 saturated carbocycles. The van der Waals surface area contributed by atoms with Crippen molar-refractivity contribution in [1.29, 1.82) is 0 Å². The summed E-state index contributed by atoms with van der Waals surface area (Å²) < 4.78 is 7.40. The zero-order chi connectivity index (χ0) is 33.6. The normalized spacial score (nSPS) is 12.0. The van der Waals surface area contributed by atoms with Crippen LogP contribution in [0.1, 0.15) is 0 Å². The van der Waals surface area contributed by atoms with E-state index in [1.165, 1.54) is 54.6 Å². The number of hydrogen-bond donors (Lipinski definition) is 0. The number of aromatic nitrogens is 3. The van der Waals surface area contributed by atoms with Gasteiger partial charge in [-0.2, -0.15) is 0 Å². The van der Waals surface area contributed by atoms with Gasteiger partial charge in [-0.25, -0.2) is 0 Å². The Balaban J connectivity index is 1.41. The first-order valence-corrected chi connectivity index (χ1v) is 17.5. The van der Waals surface area contributed by atoms with Gasteiger partial charge in [0.05, 0.1) is 44.1 Å². The van der Waals surface area contributed by atoms with Crippen LogP contribution in [-0.2, 0) is 0 Å². The van der Waals surface area contributed by atoms with Crippen LogP contribution in [0.2, 0.25) is 0 Å². The van der Waals surface area contributed by atoms with Gasteiger partial charge in [0.2, 0.25) is 0 Å². The topological polar surface area (TPSA) is 13.8 Å². The minimum Gasteiger partial charge on any atom is -0.309 e. The summed E-state index contributed by atoms with van der Waals surface area (Å²) in [5.41, 5.74) is 12.8. The van der Waals surface area contributed by atoms with Gasteiger partial charge in [0.25, 0.3) is 0 Å². The van der Waals surface area contributed by atoms with Gasteiger partial charge in [-0.15, -0.1) is 0 Å². The first-order chi connectivity index (χ1) is 25.2. The average Bonchev–Trinajstić information content (AvgIpc) is 3.65. The first-order valence-electron chi connectivity index (χ1n) is 17.5. The zero-order valence-corrected chi connectivity index (χ0v) is 27.8. The molecule has 0 bridgehead atoms. The molecule has 0 amide bonds. The molecule has 0 N–H and O–H groups in total. The Morgan fingerprint density at radius 1 is 0.314 bits per heavy atom. The van der Waals surface area contributed by atoms with Crippen molar-refractivity contribution in [3.05, 3.63) is 181 Å². The minimum absolute atomic E-state index is 0.990. The van der Waals surface area contributed by atoms with Crippen LogP contribution in [-0.4, -0.2) is 13.4 Å². The summed E-state index contributed by atoms with van der Waals surface area (Å²) in [7, 11) is 0. The van der Waals surface area contributed by atoms with E-state index in [2.05, 4.69) is 196 Å². The van der Waals surface area contributed by atoms with Crippen molar-refractivity contribution < 1.29 is 0 Å². The molecule has 51 heavy (non-hydrogen) atoms. The van der Waals surface area contributed by atoms with Gasteiger partial charge >= 0.3 is 0 Å². The molecule has 0 radical (unpaired) electrons. The fourth-order valence-electron chi connectivity index (χ4n) is 8.50. The van der Waals surface area contributed by atoms with Crippen molar-refractivity contribution >= 4 is 83.0 Å². The zero-order valence-electron chi connectivity index (χ0n) is 27.8. The number of nitrogens with zero attached hydrogens (tertiary/aromatic N) is 3. The van der Waals surface area contributed by atoms with E-state index in [0.29, 0.717) is 0 Å². The van der Waals surface area contributed by atoms with E-state index in [0.717, 1.165) is 43.9 Å². The maximum atomic E-state index is 4.49. The second-order valence-electron chi connectivity index (χ2n) is 13.5. The summed E-state index contributed by atoms with van der Waals surface area (Å²) in [6.45, 7) is 4.49. The lowest BCUT2D eigenvalue weighted by atomic mass is 10.1. The average molecular weight is 650 g/mol. The lowest BCUT2D eigenvalue weighted by Crippen LogP contribution is -2.00. The summed E-state index contributed by atoms with van der Waals surface area (Å²) >= 11 is 0. The number of rotatable bonds is 2. The Hall–Kier alpha value is -6.84. The SMILES string of the molecule is C=c1cccc2c3cccc4c5ccccc5n(c5cc6c7ccccc7n(-c7ccc(-c8ccccc8)cc7)c6cc5n2c2ccccc12)c43. The summed E-state index contributed by atoms with van der Waals surface area (Å²) in [6.07, 6.45) is 0. The fraction of sp³-hybridized carbons (Fsp3) is 0. The first kappa shape index (κ1) is 28.0. The van der Waals surface area contributed by atoms with E-state index in [9.17, 15) is 0 Å². The molecule has 0 aliphatic carbocycles. The van der Waals surface area contributed by atoms with Crippen LogP contribution in [0.15, 0.2) is 176 Å². The van der Waals surface area contributed by atoms with Crippen LogP contribution in [0, 0.1) is 0 Å². The number of para-hydroxylation sites is 4. The molecule has 3 nitrogen and oxygen atoms in total. The third kappa shape index (κ3) is 3.94.